The van der Waals surface area contributed by atoms with Gasteiger partial charge in [-0.05, 0) is 24.3 Å². The van der Waals surface area contributed by atoms with E-state index in [1.54, 1.807) is 0 Å². The number of aliphatic carboxylic acids is 1. The average Bonchev–Trinajstić information content (AvgIpc) is 2.53. The van der Waals surface area contributed by atoms with E-state index in [1.165, 1.54) is 0 Å². The van der Waals surface area contributed by atoms with Gasteiger partial charge in [-0.2, -0.15) is 0 Å². The van der Waals surface area contributed by atoms with Crippen LogP contribution in [0.1, 0.15) is 31.7 Å². The van der Waals surface area contributed by atoms with Gasteiger partial charge in [0.1, 0.15) is 0 Å². The predicted octanol–water partition coefficient (Wildman–Crippen LogP) is 1.96. The minimum Gasteiger partial charge on any atom is -0.481 e. The Morgan fingerprint density at radius 2 is 1.91 bits per heavy atom. The molecule has 1 atom stereocenters. The molecule has 1 aromatic carbocycles. The summed E-state index contributed by atoms with van der Waals surface area (Å²) in [7, 11) is 0. The first-order valence-corrected chi connectivity index (χ1v) is 7.68. The fourth-order valence-corrected chi connectivity index (χ4v) is 2.93. The highest BCUT2D eigenvalue weighted by Gasteiger charge is 2.41. The van der Waals surface area contributed by atoms with Crippen molar-refractivity contribution in [3.8, 4) is 0 Å². The van der Waals surface area contributed by atoms with Gasteiger partial charge in [-0.25, -0.2) is 0 Å². The molecule has 22 heavy (non-hydrogen) atoms. The van der Waals surface area contributed by atoms with Crippen molar-refractivity contribution in [2.24, 2.45) is 5.92 Å². The lowest BCUT2D eigenvalue weighted by Crippen LogP contribution is -2.49. The highest BCUT2D eigenvalue weighted by molar-refractivity contribution is 5.88. The molecule has 5 heteroatoms. The van der Waals surface area contributed by atoms with Crippen molar-refractivity contribution in [2.45, 2.75) is 31.6 Å². The molecule has 0 aliphatic carbocycles. The SMILES string of the molecule is CC(CNC(=O)C1(c2ccccc2)CCOCC1)CC(=O)O. The average molecular weight is 305 g/mol. The smallest absolute Gasteiger partial charge is 0.303 e. The summed E-state index contributed by atoms with van der Waals surface area (Å²) in [6.45, 7) is 3.33. The number of hydrogen-bond donors (Lipinski definition) is 2. The standard InChI is InChI=1S/C17H23NO4/c1-13(11-15(19)20)12-18-16(21)17(7-9-22-10-8-17)14-5-3-2-4-6-14/h2-6,13H,7-12H2,1H3,(H,18,21)(H,19,20). The fourth-order valence-electron chi connectivity index (χ4n) is 2.93. The molecular weight excluding hydrogens is 282 g/mol. The summed E-state index contributed by atoms with van der Waals surface area (Å²) in [6.07, 6.45) is 1.36. The maximum Gasteiger partial charge on any atom is 0.303 e. The zero-order valence-electron chi connectivity index (χ0n) is 12.9. The van der Waals surface area contributed by atoms with E-state index >= 15 is 0 Å². The molecule has 1 fully saturated rings. The quantitative estimate of drug-likeness (QED) is 0.842. The minimum absolute atomic E-state index is 0.0285. The first kappa shape index (κ1) is 16.5. The molecule has 0 aromatic heterocycles. The lowest BCUT2D eigenvalue weighted by molar-refractivity contribution is -0.138. The van der Waals surface area contributed by atoms with Crippen LogP contribution in [0.3, 0.4) is 0 Å². The van der Waals surface area contributed by atoms with Gasteiger partial charge in [-0.3, -0.25) is 9.59 Å². The lowest BCUT2D eigenvalue weighted by Gasteiger charge is -2.36. The number of carboxylic acid groups (broad SMARTS) is 1. The number of rotatable bonds is 6. The van der Waals surface area contributed by atoms with Crippen molar-refractivity contribution in [2.75, 3.05) is 19.8 Å². The molecule has 0 radical (unpaired) electrons. The van der Waals surface area contributed by atoms with Crippen molar-refractivity contribution < 1.29 is 19.4 Å². The third-order valence-corrected chi connectivity index (χ3v) is 4.24. The van der Waals surface area contributed by atoms with Gasteiger partial charge in [0.05, 0.1) is 5.41 Å². The van der Waals surface area contributed by atoms with Crippen LogP contribution >= 0.6 is 0 Å². The van der Waals surface area contributed by atoms with Crippen LogP contribution < -0.4 is 5.32 Å². The number of benzene rings is 1. The van der Waals surface area contributed by atoms with Crippen LogP contribution in [-0.4, -0.2) is 36.7 Å². The maximum absolute atomic E-state index is 12.8. The van der Waals surface area contributed by atoms with Gasteiger partial charge in [0, 0.05) is 26.2 Å². The molecule has 2 rings (SSSR count). The molecule has 1 unspecified atom stereocenters. The summed E-state index contributed by atoms with van der Waals surface area (Å²) in [4.78, 5) is 23.5. The van der Waals surface area contributed by atoms with E-state index in [-0.39, 0.29) is 18.2 Å². The molecule has 2 N–H and O–H groups in total. The van der Waals surface area contributed by atoms with E-state index in [0.717, 1.165) is 5.56 Å². The summed E-state index contributed by atoms with van der Waals surface area (Å²) in [5.41, 5.74) is 0.435. The summed E-state index contributed by atoms with van der Waals surface area (Å²) >= 11 is 0. The number of nitrogens with one attached hydrogen (secondary N) is 1. The van der Waals surface area contributed by atoms with Crippen molar-refractivity contribution in [3.05, 3.63) is 35.9 Å². The van der Waals surface area contributed by atoms with Gasteiger partial charge in [0.15, 0.2) is 0 Å². The molecule has 1 heterocycles. The zero-order chi connectivity index (χ0) is 16.0. The fraction of sp³-hybridized carbons (Fsp3) is 0.529. The Bertz CT molecular complexity index is 509. The monoisotopic (exact) mass is 305 g/mol. The molecule has 0 spiro atoms. The van der Waals surface area contributed by atoms with Crippen LogP contribution in [-0.2, 0) is 19.7 Å². The zero-order valence-corrected chi connectivity index (χ0v) is 12.9. The Hall–Kier alpha value is -1.88. The van der Waals surface area contributed by atoms with E-state index in [0.29, 0.717) is 32.6 Å². The summed E-state index contributed by atoms with van der Waals surface area (Å²) in [5, 5.41) is 11.7. The van der Waals surface area contributed by atoms with E-state index in [9.17, 15) is 9.59 Å². The van der Waals surface area contributed by atoms with Crippen molar-refractivity contribution in [1.29, 1.82) is 0 Å². The summed E-state index contributed by atoms with van der Waals surface area (Å²) < 4.78 is 5.42. The summed E-state index contributed by atoms with van der Waals surface area (Å²) in [5.74, 6) is -0.959. The molecule has 1 saturated heterocycles. The van der Waals surface area contributed by atoms with Gasteiger partial charge in [-0.1, -0.05) is 37.3 Å². The van der Waals surface area contributed by atoms with Crippen LogP contribution in [0, 0.1) is 5.92 Å². The van der Waals surface area contributed by atoms with Gasteiger partial charge in [0.25, 0.3) is 0 Å². The van der Waals surface area contributed by atoms with Crippen molar-refractivity contribution in [1.82, 2.24) is 5.32 Å². The number of carbonyl (C=O) groups excluding carboxylic acids is 1. The van der Waals surface area contributed by atoms with E-state index in [1.807, 2.05) is 37.3 Å². The number of ether oxygens (including phenoxy) is 1. The van der Waals surface area contributed by atoms with Gasteiger partial charge >= 0.3 is 5.97 Å². The van der Waals surface area contributed by atoms with E-state index in [2.05, 4.69) is 5.32 Å². The van der Waals surface area contributed by atoms with Crippen LogP contribution in [0.15, 0.2) is 30.3 Å². The van der Waals surface area contributed by atoms with Crippen LogP contribution in [0.2, 0.25) is 0 Å². The first-order valence-electron chi connectivity index (χ1n) is 7.68. The second-order valence-electron chi connectivity index (χ2n) is 5.97. The topological polar surface area (TPSA) is 75.6 Å². The molecule has 1 aromatic rings. The van der Waals surface area contributed by atoms with E-state index < -0.39 is 11.4 Å². The molecule has 5 nitrogen and oxygen atoms in total. The van der Waals surface area contributed by atoms with Crippen molar-refractivity contribution >= 4 is 11.9 Å². The second-order valence-corrected chi connectivity index (χ2v) is 5.97. The predicted molar refractivity (Wildman–Crippen MR) is 82.6 cm³/mol. The third kappa shape index (κ3) is 3.85. The third-order valence-electron chi connectivity index (χ3n) is 4.24. The number of carbonyl (C=O) groups is 2. The Kier molecular flexibility index (Phi) is 5.55. The number of amides is 1. The van der Waals surface area contributed by atoms with Crippen LogP contribution in [0.4, 0.5) is 0 Å². The first-order chi connectivity index (χ1) is 10.5. The summed E-state index contributed by atoms with van der Waals surface area (Å²) in [6, 6.07) is 9.76. The largest absolute Gasteiger partial charge is 0.481 e. The number of carboxylic acids is 1. The molecule has 1 aliphatic rings. The molecular formula is C17H23NO4. The Labute approximate surface area is 130 Å². The van der Waals surface area contributed by atoms with Gasteiger partial charge < -0.3 is 15.2 Å². The minimum atomic E-state index is -0.842. The Morgan fingerprint density at radius 3 is 2.50 bits per heavy atom. The normalized spacial score (nSPS) is 18.4. The van der Waals surface area contributed by atoms with Crippen LogP contribution in [0.25, 0.3) is 0 Å². The molecule has 0 bridgehead atoms. The maximum atomic E-state index is 12.8. The second kappa shape index (κ2) is 7.40. The van der Waals surface area contributed by atoms with Gasteiger partial charge in [-0.15, -0.1) is 0 Å². The lowest BCUT2D eigenvalue weighted by atomic mass is 9.73. The Balaban J connectivity index is 2.09. The molecule has 120 valence electrons. The van der Waals surface area contributed by atoms with Gasteiger partial charge in [0.2, 0.25) is 5.91 Å². The Morgan fingerprint density at radius 1 is 1.27 bits per heavy atom. The number of hydrogen-bond acceptors (Lipinski definition) is 3. The molecule has 1 aliphatic heterocycles. The highest BCUT2D eigenvalue weighted by Crippen LogP contribution is 2.35. The highest BCUT2D eigenvalue weighted by atomic mass is 16.5. The molecule has 0 saturated carbocycles. The van der Waals surface area contributed by atoms with Crippen molar-refractivity contribution in [3.63, 3.8) is 0 Å². The van der Waals surface area contributed by atoms with E-state index in [4.69, 9.17) is 9.84 Å². The van der Waals surface area contributed by atoms with Crippen LogP contribution in [0.5, 0.6) is 0 Å². The molecule has 1 amide bonds.